The molecular weight excluding hydrogens is 268 g/mol. The van der Waals surface area contributed by atoms with Crippen molar-refractivity contribution in [3.63, 3.8) is 0 Å². The van der Waals surface area contributed by atoms with Crippen LogP contribution in [0.15, 0.2) is 24.3 Å². The average Bonchev–Trinajstić information content (AvgIpc) is 3.25. The summed E-state index contributed by atoms with van der Waals surface area (Å²) < 4.78 is 0. The van der Waals surface area contributed by atoms with E-state index in [4.69, 9.17) is 0 Å². The molecule has 0 aromatic rings. The second-order valence-electron chi connectivity index (χ2n) is 6.55. The topological polar surface area (TPSA) is 20.2 Å². The van der Waals surface area contributed by atoms with E-state index in [2.05, 4.69) is 37.8 Å². The smallest absolute Gasteiger partial charge is 0.0730 e. The molecule has 0 saturated heterocycles. The van der Waals surface area contributed by atoms with Crippen LogP contribution < -0.4 is 0 Å². The highest BCUT2D eigenvalue weighted by molar-refractivity contribution is 5.17. The minimum atomic E-state index is -0.317. The number of hydrogen-bond acceptors (Lipinski definition) is 1. The summed E-state index contributed by atoms with van der Waals surface area (Å²) in [7, 11) is 0. The minimum Gasteiger partial charge on any atom is -0.389 e. The molecule has 0 bridgehead atoms. The first-order valence-electron chi connectivity index (χ1n) is 9.26. The molecule has 0 radical (unpaired) electrons. The van der Waals surface area contributed by atoms with Gasteiger partial charge in [-0.25, -0.2) is 0 Å². The summed E-state index contributed by atoms with van der Waals surface area (Å²) in [6.07, 6.45) is 19.9. The summed E-state index contributed by atoms with van der Waals surface area (Å²) in [5.74, 6) is 8.00. The third-order valence-corrected chi connectivity index (χ3v) is 4.37. The quantitative estimate of drug-likeness (QED) is 0.297. The van der Waals surface area contributed by atoms with Crippen molar-refractivity contribution in [1.82, 2.24) is 0 Å². The fourth-order valence-corrected chi connectivity index (χ4v) is 2.67. The second kappa shape index (κ2) is 12.5. The Hall–Kier alpha value is -1.00. The highest BCUT2D eigenvalue weighted by Gasteiger charge is 2.34. The molecule has 1 N–H and O–H groups in total. The lowest BCUT2D eigenvalue weighted by molar-refractivity contribution is 0.208. The highest BCUT2D eigenvalue weighted by Crippen LogP contribution is 2.43. The standard InChI is InChI=1S/C21H34O/c1-3-5-7-8-11-14-19-18-20(19)15-12-9-13-17-21(22)16-10-6-4-2/h8,11,13,17,19-22H,3-7,10,14-16,18H2,1-2H3/b11-8-,17-13+/t19-,20+,21-/m1/s1. The molecule has 0 unspecified atom stereocenters. The number of unbranched alkanes of at least 4 members (excludes halogenated alkanes) is 4. The first-order valence-corrected chi connectivity index (χ1v) is 9.26. The van der Waals surface area contributed by atoms with Crippen LogP contribution in [0.1, 0.15) is 78.1 Å². The van der Waals surface area contributed by atoms with Crippen LogP contribution in [0.2, 0.25) is 0 Å². The maximum absolute atomic E-state index is 9.74. The second-order valence-corrected chi connectivity index (χ2v) is 6.55. The number of rotatable bonds is 11. The Bertz CT molecular complexity index is 382. The van der Waals surface area contributed by atoms with Crippen molar-refractivity contribution in [2.75, 3.05) is 0 Å². The largest absolute Gasteiger partial charge is 0.389 e. The van der Waals surface area contributed by atoms with Crippen molar-refractivity contribution < 1.29 is 5.11 Å². The lowest BCUT2D eigenvalue weighted by Gasteiger charge is -2.02. The molecule has 1 rings (SSSR count). The van der Waals surface area contributed by atoms with E-state index >= 15 is 0 Å². The molecule has 1 nitrogen and oxygen atoms in total. The van der Waals surface area contributed by atoms with Crippen molar-refractivity contribution >= 4 is 0 Å². The van der Waals surface area contributed by atoms with Gasteiger partial charge in [-0.05, 0) is 49.7 Å². The molecule has 1 fully saturated rings. The normalized spacial score (nSPS) is 22.0. The molecule has 0 aromatic heterocycles. The number of allylic oxidation sites excluding steroid dienone is 3. The van der Waals surface area contributed by atoms with Crippen molar-refractivity contribution in [1.29, 1.82) is 0 Å². The van der Waals surface area contributed by atoms with E-state index in [1.165, 1.54) is 44.9 Å². The number of hydrogen-bond donors (Lipinski definition) is 1. The van der Waals surface area contributed by atoms with Gasteiger partial charge in [0.05, 0.1) is 6.10 Å². The predicted octanol–water partition coefficient (Wildman–Crippen LogP) is 5.65. The molecule has 0 heterocycles. The van der Waals surface area contributed by atoms with E-state index in [0.717, 1.165) is 31.1 Å². The van der Waals surface area contributed by atoms with Gasteiger partial charge in [0, 0.05) is 6.42 Å². The Kier molecular flexibility index (Phi) is 10.9. The summed E-state index contributed by atoms with van der Waals surface area (Å²) in [6.45, 7) is 4.42. The molecular formula is C21H34O. The highest BCUT2D eigenvalue weighted by atomic mass is 16.3. The zero-order valence-corrected chi connectivity index (χ0v) is 14.6. The van der Waals surface area contributed by atoms with Gasteiger partial charge in [0.15, 0.2) is 0 Å². The molecule has 0 aromatic carbocycles. The van der Waals surface area contributed by atoms with Gasteiger partial charge < -0.3 is 5.11 Å². The van der Waals surface area contributed by atoms with Crippen LogP contribution in [0.4, 0.5) is 0 Å². The molecule has 0 aliphatic heterocycles. The molecule has 1 saturated carbocycles. The third kappa shape index (κ3) is 9.85. The number of aliphatic hydroxyl groups excluding tert-OH is 1. The first-order chi connectivity index (χ1) is 10.8. The summed E-state index contributed by atoms with van der Waals surface area (Å²) in [5.41, 5.74) is 0. The van der Waals surface area contributed by atoms with Crippen LogP contribution in [0.3, 0.4) is 0 Å². The SMILES string of the molecule is CCCC/C=C\C[C@@H]1C[C@@H]1CC#C/C=C/[C@H](O)CCCCC. The fraction of sp³-hybridized carbons (Fsp3) is 0.714. The Labute approximate surface area is 137 Å². The van der Waals surface area contributed by atoms with Gasteiger partial charge in [-0.15, -0.1) is 0 Å². The van der Waals surface area contributed by atoms with Crippen LogP contribution >= 0.6 is 0 Å². The van der Waals surface area contributed by atoms with Gasteiger partial charge >= 0.3 is 0 Å². The molecule has 22 heavy (non-hydrogen) atoms. The van der Waals surface area contributed by atoms with Crippen molar-refractivity contribution in [3.8, 4) is 11.8 Å². The Morgan fingerprint density at radius 2 is 1.91 bits per heavy atom. The maximum Gasteiger partial charge on any atom is 0.0730 e. The van der Waals surface area contributed by atoms with Gasteiger partial charge in [0.25, 0.3) is 0 Å². The van der Waals surface area contributed by atoms with E-state index in [9.17, 15) is 5.11 Å². The van der Waals surface area contributed by atoms with Crippen LogP contribution in [0.5, 0.6) is 0 Å². The predicted molar refractivity (Wildman–Crippen MR) is 96.6 cm³/mol. The molecule has 1 aliphatic carbocycles. The van der Waals surface area contributed by atoms with Gasteiger partial charge in [-0.3, -0.25) is 0 Å². The van der Waals surface area contributed by atoms with Gasteiger partial charge in [-0.2, -0.15) is 0 Å². The fourth-order valence-electron chi connectivity index (χ4n) is 2.67. The molecule has 124 valence electrons. The molecule has 0 spiro atoms. The van der Waals surface area contributed by atoms with Gasteiger partial charge in [-0.1, -0.05) is 69.9 Å². The van der Waals surface area contributed by atoms with Crippen LogP contribution in [-0.2, 0) is 0 Å². The summed E-state index contributed by atoms with van der Waals surface area (Å²) >= 11 is 0. The lowest BCUT2D eigenvalue weighted by atomic mass is 10.1. The monoisotopic (exact) mass is 302 g/mol. The van der Waals surface area contributed by atoms with Crippen molar-refractivity contribution in [2.24, 2.45) is 11.8 Å². The summed E-state index contributed by atoms with van der Waals surface area (Å²) in [6, 6.07) is 0. The summed E-state index contributed by atoms with van der Waals surface area (Å²) in [5, 5.41) is 9.74. The third-order valence-electron chi connectivity index (χ3n) is 4.37. The van der Waals surface area contributed by atoms with E-state index < -0.39 is 0 Å². The first kappa shape index (κ1) is 19.0. The summed E-state index contributed by atoms with van der Waals surface area (Å²) in [4.78, 5) is 0. The van der Waals surface area contributed by atoms with Crippen LogP contribution in [0, 0.1) is 23.7 Å². The van der Waals surface area contributed by atoms with Crippen molar-refractivity contribution in [3.05, 3.63) is 24.3 Å². The molecule has 1 aliphatic rings. The lowest BCUT2D eigenvalue weighted by Crippen LogP contribution is -2.00. The zero-order chi connectivity index (χ0) is 16.0. The molecule has 0 amide bonds. The number of aliphatic hydroxyl groups is 1. The molecule has 3 atom stereocenters. The van der Waals surface area contributed by atoms with Gasteiger partial charge in [0.1, 0.15) is 0 Å². The zero-order valence-electron chi connectivity index (χ0n) is 14.6. The Balaban J connectivity index is 2.04. The van der Waals surface area contributed by atoms with Gasteiger partial charge in [0.2, 0.25) is 0 Å². The van der Waals surface area contributed by atoms with Crippen LogP contribution in [0.25, 0.3) is 0 Å². The minimum absolute atomic E-state index is 0.317. The Morgan fingerprint density at radius 3 is 2.68 bits per heavy atom. The van der Waals surface area contributed by atoms with Crippen molar-refractivity contribution in [2.45, 2.75) is 84.2 Å². The van der Waals surface area contributed by atoms with E-state index in [-0.39, 0.29) is 6.10 Å². The average molecular weight is 303 g/mol. The van der Waals surface area contributed by atoms with E-state index in [1.54, 1.807) is 0 Å². The van der Waals surface area contributed by atoms with Crippen LogP contribution in [-0.4, -0.2) is 11.2 Å². The molecule has 1 heteroatoms. The van der Waals surface area contributed by atoms with E-state index in [1.807, 2.05) is 12.2 Å². The van der Waals surface area contributed by atoms with E-state index in [0.29, 0.717) is 0 Å². The Morgan fingerprint density at radius 1 is 1.09 bits per heavy atom. The maximum atomic E-state index is 9.74.